The van der Waals surface area contributed by atoms with E-state index in [1.165, 1.54) is 28.8 Å². The second-order valence-corrected chi connectivity index (χ2v) is 4.92. The fourth-order valence-electron chi connectivity index (χ4n) is 2.21. The highest BCUT2D eigenvalue weighted by Crippen LogP contribution is 2.17. The van der Waals surface area contributed by atoms with E-state index in [0.29, 0.717) is 10.8 Å². The Hall–Kier alpha value is -2.61. The van der Waals surface area contributed by atoms with Crippen LogP contribution in [0.2, 0.25) is 0 Å². The van der Waals surface area contributed by atoms with Gasteiger partial charge in [0.05, 0.1) is 6.54 Å². The minimum atomic E-state index is -0.459. The van der Waals surface area contributed by atoms with E-state index in [-0.39, 0.29) is 23.8 Å². The molecule has 0 spiro atoms. The van der Waals surface area contributed by atoms with E-state index in [1.807, 2.05) is 0 Å². The number of carbonyl (C=O) groups is 1. The van der Waals surface area contributed by atoms with Gasteiger partial charge in [0.15, 0.2) is 0 Å². The third-order valence-corrected chi connectivity index (χ3v) is 3.11. The van der Waals surface area contributed by atoms with E-state index in [2.05, 4.69) is 11.2 Å². The molecule has 1 N–H and O–H groups in total. The number of rotatable bonds is 3. The average molecular weight is 286 g/mol. The molecule has 1 heterocycles. The van der Waals surface area contributed by atoms with Crippen LogP contribution in [0.3, 0.4) is 0 Å². The van der Waals surface area contributed by atoms with Crippen molar-refractivity contribution in [3.63, 3.8) is 0 Å². The van der Waals surface area contributed by atoms with Crippen molar-refractivity contribution in [3.05, 3.63) is 46.1 Å². The Morgan fingerprint density at radius 3 is 2.76 bits per heavy atom. The number of pyridine rings is 1. The quantitative estimate of drug-likeness (QED) is 0.878. The molecular weight excluding hydrogens is 271 g/mol. The molecule has 0 aliphatic heterocycles. The van der Waals surface area contributed by atoms with Crippen LogP contribution in [0.15, 0.2) is 29.1 Å². The zero-order chi connectivity index (χ0) is 15.6. The molecule has 0 radical (unpaired) electrons. The molecule has 1 amide bonds. The zero-order valence-electron chi connectivity index (χ0n) is 11.8. The van der Waals surface area contributed by atoms with Crippen molar-refractivity contribution < 1.29 is 9.18 Å². The SMILES string of the molecule is C#CCNC(=O)c1cc2cc(F)ccc2c(=O)n1C(C)C. The highest BCUT2D eigenvalue weighted by Gasteiger charge is 2.17. The molecule has 0 bridgehead atoms. The van der Waals surface area contributed by atoms with Crippen LogP contribution in [-0.4, -0.2) is 17.0 Å². The number of fused-ring (bicyclic) bond motifs is 1. The number of aromatic nitrogens is 1. The lowest BCUT2D eigenvalue weighted by molar-refractivity contribution is 0.0946. The van der Waals surface area contributed by atoms with Crippen LogP contribution in [0.1, 0.15) is 30.4 Å². The minimum Gasteiger partial charge on any atom is -0.340 e. The largest absolute Gasteiger partial charge is 0.340 e. The first-order valence-electron chi connectivity index (χ1n) is 6.52. The molecule has 4 nitrogen and oxygen atoms in total. The van der Waals surface area contributed by atoms with Crippen LogP contribution in [0.4, 0.5) is 4.39 Å². The van der Waals surface area contributed by atoms with Gasteiger partial charge in [-0.3, -0.25) is 9.59 Å². The summed E-state index contributed by atoms with van der Waals surface area (Å²) in [5.41, 5.74) is -0.156. The van der Waals surface area contributed by atoms with Gasteiger partial charge in [-0.15, -0.1) is 6.42 Å². The van der Waals surface area contributed by atoms with Gasteiger partial charge < -0.3 is 9.88 Å². The van der Waals surface area contributed by atoms with Gasteiger partial charge in [-0.25, -0.2) is 4.39 Å². The van der Waals surface area contributed by atoms with Crippen molar-refractivity contribution in [2.45, 2.75) is 19.9 Å². The van der Waals surface area contributed by atoms with E-state index in [4.69, 9.17) is 6.42 Å². The molecule has 0 fully saturated rings. The lowest BCUT2D eigenvalue weighted by atomic mass is 10.1. The second kappa shape index (κ2) is 5.80. The Morgan fingerprint density at radius 1 is 1.43 bits per heavy atom. The minimum absolute atomic E-state index is 0.0618. The summed E-state index contributed by atoms with van der Waals surface area (Å²) >= 11 is 0. The van der Waals surface area contributed by atoms with Crippen LogP contribution < -0.4 is 10.9 Å². The van der Waals surface area contributed by atoms with E-state index < -0.39 is 11.7 Å². The highest BCUT2D eigenvalue weighted by atomic mass is 19.1. The number of terminal acetylenes is 1. The number of nitrogens with zero attached hydrogens (tertiary/aromatic N) is 1. The topological polar surface area (TPSA) is 51.1 Å². The lowest BCUT2D eigenvalue weighted by Gasteiger charge is -2.17. The van der Waals surface area contributed by atoms with Crippen molar-refractivity contribution in [1.29, 1.82) is 0 Å². The van der Waals surface area contributed by atoms with E-state index in [9.17, 15) is 14.0 Å². The van der Waals surface area contributed by atoms with Gasteiger partial charge in [0.25, 0.3) is 11.5 Å². The Kier molecular flexibility index (Phi) is 4.08. The summed E-state index contributed by atoms with van der Waals surface area (Å²) in [6.45, 7) is 3.66. The third kappa shape index (κ3) is 2.79. The predicted molar refractivity (Wildman–Crippen MR) is 79.7 cm³/mol. The van der Waals surface area contributed by atoms with Gasteiger partial charge in [0.1, 0.15) is 11.5 Å². The molecule has 0 saturated carbocycles. The molecule has 2 rings (SSSR count). The Balaban J connectivity index is 2.73. The molecule has 0 saturated heterocycles. The summed E-state index contributed by atoms with van der Waals surface area (Å²) in [5, 5.41) is 3.29. The second-order valence-electron chi connectivity index (χ2n) is 4.92. The van der Waals surface area contributed by atoms with E-state index >= 15 is 0 Å². The monoisotopic (exact) mass is 286 g/mol. The molecule has 2 aromatic rings. The number of halogens is 1. The fourth-order valence-corrected chi connectivity index (χ4v) is 2.21. The van der Waals surface area contributed by atoms with Crippen molar-refractivity contribution in [2.75, 3.05) is 6.54 Å². The third-order valence-electron chi connectivity index (χ3n) is 3.11. The van der Waals surface area contributed by atoms with Gasteiger partial charge in [-0.1, -0.05) is 5.92 Å². The molecule has 0 aliphatic carbocycles. The molecule has 0 unspecified atom stereocenters. The Bertz CT molecular complexity index is 800. The fraction of sp³-hybridized carbons (Fsp3) is 0.250. The molecule has 1 aromatic heterocycles. The summed E-state index contributed by atoms with van der Waals surface area (Å²) in [4.78, 5) is 24.7. The van der Waals surface area contributed by atoms with Crippen molar-refractivity contribution in [3.8, 4) is 12.3 Å². The van der Waals surface area contributed by atoms with Gasteiger partial charge >= 0.3 is 0 Å². The van der Waals surface area contributed by atoms with Crippen LogP contribution >= 0.6 is 0 Å². The van der Waals surface area contributed by atoms with Crippen LogP contribution in [0.25, 0.3) is 10.8 Å². The zero-order valence-corrected chi connectivity index (χ0v) is 11.8. The Labute approximate surface area is 121 Å². The molecule has 21 heavy (non-hydrogen) atoms. The van der Waals surface area contributed by atoms with Gasteiger partial charge in [-0.2, -0.15) is 0 Å². The molecule has 108 valence electrons. The van der Waals surface area contributed by atoms with Crippen molar-refractivity contribution in [2.24, 2.45) is 0 Å². The number of amides is 1. The number of carbonyl (C=O) groups excluding carboxylic acids is 1. The molecule has 5 heteroatoms. The number of nitrogens with one attached hydrogen (secondary N) is 1. The van der Waals surface area contributed by atoms with Crippen molar-refractivity contribution in [1.82, 2.24) is 9.88 Å². The van der Waals surface area contributed by atoms with Crippen molar-refractivity contribution >= 4 is 16.7 Å². The summed E-state index contributed by atoms with van der Waals surface area (Å²) in [6, 6.07) is 5.19. The maximum Gasteiger partial charge on any atom is 0.268 e. The first-order valence-corrected chi connectivity index (χ1v) is 6.52. The lowest BCUT2D eigenvalue weighted by Crippen LogP contribution is -2.33. The summed E-state index contributed by atoms with van der Waals surface area (Å²) in [7, 11) is 0. The van der Waals surface area contributed by atoms with Gasteiger partial charge in [0, 0.05) is 11.4 Å². The molecule has 1 aromatic carbocycles. The number of hydrogen-bond acceptors (Lipinski definition) is 2. The van der Waals surface area contributed by atoms with Crippen LogP contribution in [0, 0.1) is 18.2 Å². The number of benzene rings is 1. The van der Waals surface area contributed by atoms with Crippen LogP contribution in [0.5, 0.6) is 0 Å². The maximum atomic E-state index is 13.3. The first-order chi connectivity index (χ1) is 9.95. The standard InChI is InChI=1S/C16H15FN2O2/c1-4-7-18-15(20)14-9-11-8-12(17)5-6-13(11)16(21)19(14)10(2)3/h1,5-6,8-10H,7H2,2-3H3,(H,18,20). The van der Waals surface area contributed by atoms with Gasteiger partial charge in [-0.05, 0) is 43.5 Å². The number of hydrogen-bond donors (Lipinski definition) is 1. The Morgan fingerprint density at radius 2 is 2.14 bits per heavy atom. The summed E-state index contributed by atoms with van der Waals surface area (Å²) in [6.07, 6.45) is 5.11. The normalized spacial score (nSPS) is 10.6. The van der Waals surface area contributed by atoms with Crippen LogP contribution in [-0.2, 0) is 0 Å². The molecular formula is C16H15FN2O2. The summed E-state index contributed by atoms with van der Waals surface area (Å²) in [5.74, 6) is 1.39. The molecule has 0 atom stereocenters. The molecule has 0 aliphatic rings. The summed E-state index contributed by atoms with van der Waals surface area (Å²) < 4.78 is 14.7. The van der Waals surface area contributed by atoms with Gasteiger partial charge in [0.2, 0.25) is 0 Å². The predicted octanol–water partition coefficient (Wildman–Crippen LogP) is 2.08. The maximum absolute atomic E-state index is 13.3. The highest BCUT2D eigenvalue weighted by molar-refractivity contribution is 5.96. The smallest absolute Gasteiger partial charge is 0.268 e. The first kappa shape index (κ1) is 14.8. The van der Waals surface area contributed by atoms with E-state index in [1.54, 1.807) is 13.8 Å². The average Bonchev–Trinajstić information content (AvgIpc) is 2.43. The van der Waals surface area contributed by atoms with E-state index in [0.717, 1.165) is 0 Å².